The van der Waals surface area contributed by atoms with E-state index in [1.165, 1.54) is 0 Å². The number of hydrogen-bond donors (Lipinski definition) is 0. The van der Waals surface area contributed by atoms with E-state index >= 15 is 0 Å². The highest BCUT2D eigenvalue weighted by atomic mass is 127. The minimum atomic E-state index is 0.393. The number of imidazole rings is 1. The molecular weight excluding hydrogens is 267 g/mol. The van der Waals surface area contributed by atoms with E-state index < -0.39 is 0 Å². The van der Waals surface area contributed by atoms with Crippen molar-refractivity contribution in [2.45, 2.75) is 0 Å². The number of hydrogen-bond acceptors (Lipinski definition) is 3. The summed E-state index contributed by atoms with van der Waals surface area (Å²) in [7, 11) is 0. The Morgan fingerprint density at radius 3 is 3.08 bits per heavy atom. The molecule has 2 heterocycles. The Morgan fingerprint density at radius 1 is 1.50 bits per heavy atom. The van der Waals surface area contributed by atoms with Gasteiger partial charge >= 0.3 is 0 Å². The third-order valence-electron chi connectivity index (χ3n) is 1.39. The molecule has 0 bridgehead atoms. The fourth-order valence-electron chi connectivity index (χ4n) is 0.914. The van der Waals surface area contributed by atoms with E-state index in [1.807, 2.05) is 12.3 Å². The van der Waals surface area contributed by atoms with Crippen molar-refractivity contribution < 1.29 is 0 Å². The van der Waals surface area contributed by atoms with E-state index in [-0.39, 0.29) is 0 Å². The maximum absolute atomic E-state index is 8.55. The van der Waals surface area contributed by atoms with Crippen LogP contribution in [-0.2, 0) is 0 Å². The van der Waals surface area contributed by atoms with Gasteiger partial charge in [-0.25, -0.2) is 4.98 Å². The van der Waals surface area contributed by atoms with Gasteiger partial charge in [-0.05, 0) is 22.6 Å². The molecule has 0 spiro atoms. The van der Waals surface area contributed by atoms with Gasteiger partial charge in [0.25, 0.3) is 0 Å². The van der Waals surface area contributed by atoms with Gasteiger partial charge in [-0.3, -0.25) is 4.40 Å². The number of nitrogens with zero attached hydrogens (tertiary/aromatic N) is 4. The normalized spacial score (nSPS) is 10.0. The lowest BCUT2D eigenvalue weighted by Gasteiger charge is -1.90. The highest BCUT2D eigenvalue weighted by Crippen LogP contribution is 2.05. The Bertz CT molecular complexity index is 468. The maximum Gasteiger partial charge on any atom is 0.235 e. The lowest BCUT2D eigenvalue weighted by Crippen LogP contribution is -1.87. The second-order valence-electron chi connectivity index (χ2n) is 2.22. The molecular formula is C7H3IN4. The van der Waals surface area contributed by atoms with Crippen LogP contribution in [0.4, 0.5) is 0 Å². The smallest absolute Gasteiger partial charge is 0.235 e. The first-order valence-electron chi connectivity index (χ1n) is 3.20. The van der Waals surface area contributed by atoms with Gasteiger partial charge in [-0.2, -0.15) is 10.2 Å². The summed E-state index contributed by atoms with van der Waals surface area (Å²) in [6, 6.07) is 1.96. The molecule has 12 heavy (non-hydrogen) atoms. The van der Waals surface area contributed by atoms with Gasteiger partial charge < -0.3 is 0 Å². The molecule has 2 aromatic rings. The summed E-state index contributed by atoms with van der Waals surface area (Å²) in [5.41, 5.74) is 0.393. The van der Waals surface area contributed by atoms with Crippen LogP contribution >= 0.6 is 22.6 Å². The van der Waals surface area contributed by atoms with Gasteiger partial charge in [0, 0.05) is 22.2 Å². The van der Waals surface area contributed by atoms with Crippen LogP contribution in [0.15, 0.2) is 18.6 Å². The molecule has 0 fully saturated rings. The summed E-state index contributed by atoms with van der Waals surface area (Å²) in [6.45, 7) is 0. The SMILES string of the molecule is N#Cc1cn2cc(I)cnc2n1. The van der Waals surface area contributed by atoms with Gasteiger partial charge in [-0.1, -0.05) is 0 Å². The zero-order valence-electron chi connectivity index (χ0n) is 5.90. The highest BCUT2D eigenvalue weighted by Gasteiger charge is 2.00. The minimum Gasteiger partial charge on any atom is -0.289 e. The Labute approximate surface area is 82.0 Å². The van der Waals surface area contributed by atoms with Gasteiger partial charge in [0.15, 0.2) is 5.69 Å². The average Bonchev–Trinajstić information content (AvgIpc) is 2.46. The summed E-state index contributed by atoms with van der Waals surface area (Å²) in [5, 5.41) is 8.55. The summed E-state index contributed by atoms with van der Waals surface area (Å²) >= 11 is 2.16. The first-order chi connectivity index (χ1) is 5.79. The topological polar surface area (TPSA) is 54.0 Å². The van der Waals surface area contributed by atoms with Crippen LogP contribution in [0, 0.1) is 14.9 Å². The van der Waals surface area contributed by atoms with E-state index in [9.17, 15) is 0 Å². The summed E-state index contributed by atoms with van der Waals surface area (Å²) in [5.74, 6) is 0.562. The molecule has 0 radical (unpaired) electrons. The van der Waals surface area contributed by atoms with Crippen molar-refractivity contribution in [2.24, 2.45) is 0 Å². The molecule has 0 aliphatic carbocycles. The fourth-order valence-corrected chi connectivity index (χ4v) is 1.35. The number of halogens is 1. The van der Waals surface area contributed by atoms with Crippen LogP contribution in [-0.4, -0.2) is 14.4 Å². The number of aromatic nitrogens is 3. The fraction of sp³-hybridized carbons (Fsp3) is 0. The third kappa shape index (κ3) is 1.14. The molecule has 0 amide bonds. The van der Waals surface area contributed by atoms with Crippen molar-refractivity contribution in [2.75, 3.05) is 0 Å². The molecule has 0 atom stereocenters. The van der Waals surface area contributed by atoms with E-state index in [1.54, 1.807) is 16.8 Å². The second-order valence-corrected chi connectivity index (χ2v) is 3.46. The predicted octanol–water partition coefficient (Wildman–Crippen LogP) is 1.21. The van der Waals surface area contributed by atoms with Crippen LogP contribution in [0.25, 0.3) is 5.78 Å². The van der Waals surface area contributed by atoms with Gasteiger partial charge in [-0.15, -0.1) is 0 Å². The molecule has 4 nitrogen and oxygen atoms in total. The maximum atomic E-state index is 8.55. The first kappa shape index (κ1) is 7.49. The number of rotatable bonds is 0. The highest BCUT2D eigenvalue weighted by molar-refractivity contribution is 14.1. The Hall–Kier alpha value is -1.16. The predicted molar refractivity (Wildman–Crippen MR) is 50.4 cm³/mol. The molecule has 58 valence electrons. The summed E-state index contributed by atoms with van der Waals surface area (Å²) < 4.78 is 2.75. The summed E-state index contributed by atoms with van der Waals surface area (Å²) in [4.78, 5) is 8.00. The van der Waals surface area contributed by atoms with E-state index in [0.717, 1.165) is 3.57 Å². The van der Waals surface area contributed by atoms with E-state index in [4.69, 9.17) is 5.26 Å². The zero-order valence-corrected chi connectivity index (χ0v) is 8.06. The molecule has 0 aromatic carbocycles. The van der Waals surface area contributed by atoms with Crippen molar-refractivity contribution in [1.82, 2.24) is 14.4 Å². The van der Waals surface area contributed by atoms with Crippen LogP contribution < -0.4 is 0 Å². The number of fused-ring (bicyclic) bond motifs is 1. The largest absolute Gasteiger partial charge is 0.289 e. The van der Waals surface area contributed by atoms with Crippen LogP contribution in [0.3, 0.4) is 0 Å². The Morgan fingerprint density at radius 2 is 2.33 bits per heavy atom. The van der Waals surface area contributed by atoms with Crippen molar-refractivity contribution >= 4 is 28.4 Å². The lowest BCUT2D eigenvalue weighted by molar-refractivity contribution is 1.09. The lowest BCUT2D eigenvalue weighted by atomic mass is 10.5. The summed E-state index contributed by atoms with van der Waals surface area (Å²) in [6.07, 6.45) is 5.24. The molecule has 0 saturated carbocycles. The molecule has 0 N–H and O–H groups in total. The van der Waals surface area contributed by atoms with Crippen molar-refractivity contribution in [3.63, 3.8) is 0 Å². The van der Waals surface area contributed by atoms with E-state index in [2.05, 4.69) is 32.6 Å². The van der Waals surface area contributed by atoms with Crippen LogP contribution in [0.5, 0.6) is 0 Å². The molecule has 0 aliphatic rings. The molecule has 2 rings (SSSR count). The first-order valence-corrected chi connectivity index (χ1v) is 4.28. The molecule has 0 aliphatic heterocycles. The zero-order chi connectivity index (χ0) is 8.55. The van der Waals surface area contributed by atoms with E-state index in [0.29, 0.717) is 11.5 Å². The van der Waals surface area contributed by atoms with Crippen LogP contribution in [0.2, 0.25) is 0 Å². The Balaban J connectivity index is 2.77. The Kier molecular flexibility index (Phi) is 1.69. The molecule has 2 aromatic heterocycles. The van der Waals surface area contributed by atoms with Crippen molar-refractivity contribution in [3.8, 4) is 6.07 Å². The molecule has 5 heteroatoms. The van der Waals surface area contributed by atoms with Gasteiger partial charge in [0.2, 0.25) is 5.78 Å². The second kappa shape index (κ2) is 2.71. The number of nitriles is 1. The molecule has 0 unspecified atom stereocenters. The monoisotopic (exact) mass is 270 g/mol. The third-order valence-corrected chi connectivity index (χ3v) is 1.95. The average molecular weight is 270 g/mol. The standard InChI is InChI=1S/C7H3IN4/c8-5-2-10-7-11-6(1-9)4-12(7)3-5/h2-4H. The van der Waals surface area contributed by atoms with Crippen molar-refractivity contribution in [3.05, 3.63) is 27.9 Å². The van der Waals surface area contributed by atoms with Crippen LogP contribution in [0.1, 0.15) is 5.69 Å². The van der Waals surface area contributed by atoms with Gasteiger partial charge in [0.1, 0.15) is 6.07 Å². The van der Waals surface area contributed by atoms with Gasteiger partial charge in [0.05, 0.1) is 0 Å². The minimum absolute atomic E-state index is 0.393. The molecule has 0 saturated heterocycles. The van der Waals surface area contributed by atoms with Crippen molar-refractivity contribution in [1.29, 1.82) is 5.26 Å². The quantitative estimate of drug-likeness (QED) is 0.676.